The van der Waals surface area contributed by atoms with E-state index in [2.05, 4.69) is 10.6 Å². The summed E-state index contributed by atoms with van der Waals surface area (Å²) in [6.07, 6.45) is 2.98. The van der Waals surface area contributed by atoms with E-state index in [9.17, 15) is 18.0 Å². The Morgan fingerprint density at radius 2 is 1.82 bits per heavy atom. The molecule has 0 bridgehead atoms. The van der Waals surface area contributed by atoms with Crippen molar-refractivity contribution in [1.82, 2.24) is 10.6 Å². The molecule has 1 fully saturated rings. The number of hydrogen-bond acceptors (Lipinski definition) is 4. The zero-order chi connectivity index (χ0) is 16.3. The van der Waals surface area contributed by atoms with Gasteiger partial charge in [0.15, 0.2) is 9.84 Å². The van der Waals surface area contributed by atoms with Crippen LogP contribution in [0.25, 0.3) is 0 Å². The van der Waals surface area contributed by atoms with Gasteiger partial charge >= 0.3 is 0 Å². The Kier molecular flexibility index (Phi) is 4.85. The largest absolute Gasteiger partial charge is 0.354 e. The second kappa shape index (κ2) is 6.48. The van der Waals surface area contributed by atoms with Crippen molar-refractivity contribution in [2.45, 2.75) is 24.7 Å². The van der Waals surface area contributed by atoms with E-state index in [0.717, 1.165) is 19.1 Å². The van der Waals surface area contributed by atoms with Gasteiger partial charge in [0.1, 0.15) is 0 Å². The highest BCUT2D eigenvalue weighted by Gasteiger charge is 2.29. The van der Waals surface area contributed by atoms with E-state index in [0.29, 0.717) is 24.2 Å². The highest BCUT2D eigenvalue weighted by Crippen LogP contribution is 2.28. The summed E-state index contributed by atoms with van der Waals surface area (Å²) in [5, 5.41) is 5.44. The summed E-state index contributed by atoms with van der Waals surface area (Å²) < 4.78 is 23.1. The van der Waals surface area contributed by atoms with Crippen molar-refractivity contribution in [2.24, 2.45) is 5.92 Å². The van der Waals surface area contributed by atoms with Crippen LogP contribution in [0, 0.1) is 12.8 Å². The Hall–Kier alpha value is -1.89. The molecule has 1 aromatic rings. The molecule has 0 aromatic heterocycles. The first-order valence-corrected chi connectivity index (χ1v) is 9.05. The summed E-state index contributed by atoms with van der Waals surface area (Å²) in [5.74, 6) is -0.169. The lowest BCUT2D eigenvalue weighted by Gasteiger charge is -2.10. The minimum atomic E-state index is -3.35. The number of hydrogen-bond donors (Lipinski definition) is 2. The minimum absolute atomic E-state index is 0.0319. The second-order valence-electron chi connectivity index (χ2n) is 5.57. The maximum Gasteiger partial charge on any atom is 0.251 e. The number of rotatable bonds is 6. The molecule has 2 rings (SSSR count). The first-order valence-electron chi connectivity index (χ1n) is 7.15. The fourth-order valence-electron chi connectivity index (χ4n) is 2.02. The summed E-state index contributed by atoms with van der Waals surface area (Å²) in [5.41, 5.74) is 1.03. The lowest BCUT2D eigenvalue weighted by Crippen LogP contribution is -2.35. The first-order chi connectivity index (χ1) is 10.3. The fourth-order valence-corrected chi connectivity index (χ4v) is 2.67. The second-order valence-corrected chi connectivity index (χ2v) is 7.59. The molecule has 2 amide bonds. The van der Waals surface area contributed by atoms with Gasteiger partial charge in [-0.3, -0.25) is 9.59 Å². The Balaban J connectivity index is 1.92. The zero-order valence-corrected chi connectivity index (χ0v) is 13.5. The zero-order valence-electron chi connectivity index (χ0n) is 12.7. The van der Waals surface area contributed by atoms with Crippen LogP contribution < -0.4 is 10.6 Å². The van der Waals surface area contributed by atoms with E-state index in [1.54, 1.807) is 13.0 Å². The predicted octanol–water partition coefficient (Wildman–Crippen LogP) is 0.655. The van der Waals surface area contributed by atoms with Gasteiger partial charge in [0.2, 0.25) is 5.91 Å². The highest BCUT2D eigenvalue weighted by molar-refractivity contribution is 7.90. The molecule has 6 nitrogen and oxygen atoms in total. The number of benzene rings is 1. The molecule has 0 heterocycles. The molecule has 1 aromatic carbocycles. The van der Waals surface area contributed by atoms with Crippen molar-refractivity contribution in [2.75, 3.05) is 19.3 Å². The molecule has 0 aliphatic heterocycles. The molecular weight excluding hydrogens is 304 g/mol. The maximum atomic E-state index is 12.1. The number of aryl methyl sites for hydroxylation is 1. The molecule has 1 aliphatic carbocycles. The predicted molar refractivity (Wildman–Crippen MR) is 82.4 cm³/mol. The first kappa shape index (κ1) is 16.5. The third-order valence-electron chi connectivity index (χ3n) is 3.54. The number of carbonyl (C=O) groups excluding carboxylic acids is 2. The van der Waals surface area contributed by atoms with E-state index in [1.807, 2.05) is 0 Å². The van der Waals surface area contributed by atoms with Crippen molar-refractivity contribution in [3.63, 3.8) is 0 Å². The molecule has 22 heavy (non-hydrogen) atoms. The van der Waals surface area contributed by atoms with Gasteiger partial charge < -0.3 is 10.6 Å². The van der Waals surface area contributed by atoms with Gasteiger partial charge in [-0.1, -0.05) is 6.07 Å². The van der Waals surface area contributed by atoms with Gasteiger partial charge in [-0.15, -0.1) is 0 Å². The van der Waals surface area contributed by atoms with E-state index in [-0.39, 0.29) is 22.6 Å². The molecule has 0 spiro atoms. The summed E-state index contributed by atoms with van der Waals surface area (Å²) in [4.78, 5) is 23.7. The third kappa shape index (κ3) is 4.30. The van der Waals surface area contributed by atoms with Crippen LogP contribution in [0.5, 0.6) is 0 Å². The van der Waals surface area contributed by atoms with Crippen LogP contribution in [0.2, 0.25) is 0 Å². The molecule has 0 radical (unpaired) electrons. The highest BCUT2D eigenvalue weighted by atomic mass is 32.2. The number of nitrogens with one attached hydrogen (secondary N) is 2. The lowest BCUT2D eigenvalue weighted by atomic mass is 10.1. The average Bonchev–Trinajstić information content (AvgIpc) is 3.26. The van der Waals surface area contributed by atoms with E-state index < -0.39 is 9.84 Å². The fraction of sp³-hybridized carbons (Fsp3) is 0.467. The number of carbonyl (C=O) groups is 2. The Bertz CT molecular complexity index is 693. The molecule has 2 N–H and O–H groups in total. The van der Waals surface area contributed by atoms with Crippen LogP contribution >= 0.6 is 0 Å². The number of amides is 2. The van der Waals surface area contributed by atoms with Gasteiger partial charge in [0.05, 0.1) is 4.90 Å². The van der Waals surface area contributed by atoms with Crippen LogP contribution in [0.1, 0.15) is 28.8 Å². The van der Waals surface area contributed by atoms with Crippen molar-refractivity contribution in [3.05, 3.63) is 29.3 Å². The maximum absolute atomic E-state index is 12.1. The van der Waals surface area contributed by atoms with Crippen LogP contribution in [-0.4, -0.2) is 39.6 Å². The molecule has 1 aliphatic rings. The Labute approximate surface area is 130 Å². The minimum Gasteiger partial charge on any atom is -0.354 e. The molecule has 0 unspecified atom stereocenters. The van der Waals surface area contributed by atoms with E-state index >= 15 is 0 Å². The van der Waals surface area contributed by atoms with Crippen molar-refractivity contribution >= 4 is 21.7 Å². The van der Waals surface area contributed by atoms with Gasteiger partial charge in [-0.05, 0) is 37.5 Å². The smallest absolute Gasteiger partial charge is 0.251 e. The molecule has 120 valence electrons. The normalized spacial score (nSPS) is 14.5. The van der Waals surface area contributed by atoms with Crippen LogP contribution in [0.15, 0.2) is 23.1 Å². The average molecular weight is 324 g/mol. The topological polar surface area (TPSA) is 92.3 Å². The van der Waals surface area contributed by atoms with E-state index in [4.69, 9.17) is 0 Å². The summed E-state index contributed by atoms with van der Waals surface area (Å²) in [6.45, 7) is 2.42. The molecule has 1 saturated carbocycles. The molecule has 0 saturated heterocycles. The quantitative estimate of drug-likeness (QED) is 0.752. The van der Waals surface area contributed by atoms with Crippen LogP contribution in [0.3, 0.4) is 0 Å². The van der Waals surface area contributed by atoms with Gasteiger partial charge in [0, 0.05) is 30.8 Å². The summed E-state index contributed by atoms with van der Waals surface area (Å²) in [6, 6.07) is 4.47. The summed E-state index contributed by atoms with van der Waals surface area (Å²) >= 11 is 0. The summed E-state index contributed by atoms with van der Waals surface area (Å²) in [7, 11) is -3.35. The van der Waals surface area contributed by atoms with Crippen LogP contribution in [-0.2, 0) is 14.6 Å². The van der Waals surface area contributed by atoms with Gasteiger partial charge in [0.25, 0.3) is 5.91 Å². The third-order valence-corrected chi connectivity index (χ3v) is 4.65. The van der Waals surface area contributed by atoms with Gasteiger partial charge in [-0.2, -0.15) is 0 Å². The standard InChI is InChI=1S/C15H20N2O4S/c1-10-3-6-12(22(2,20)21)9-13(10)15(19)17-8-7-16-14(18)11-4-5-11/h3,6,9,11H,4-5,7-8H2,1-2H3,(H,16,18)(H,17,19). The van der Waals surface area contributed by atoms with Crippen LogP contribution in [0.4, 0.5) is 0 Å². The van der Waals surface area contributed by atoms with E-state index in [1.165, 1.54) is 12.1 Å². The SMILES string of the molecule is Cc1ccc(S(C)(=O)=O)cc1C(=O)NCCNC(=O)C1CC1. The van der Waals surface area contributed by atoms with Crippen molar-refractivity contribution in [3.8, 4) is 0 Å². The van der Waals surface area contributed by atoms with Crippen molar-refractivity contribution in [1.29, 1.82) is 0 Å². The monoisotopic (exact) mass is 324 g/mol. The Morgan fingerprint density at radius 3 is 2.41 bits per heavy atom. The lowest BCUT2D eigenvalue weighted by molar-refractivity contribution is -0.122. The molecule has 7 heteroatoms. The number of sulfone groups is 1. The molecule has 0 atom stereocenters. The van der Waals surface area contributed by atoms with Gasteiger partial charge in [-0.25, -0.2) is 8.42 Å². The van der Waals surface area contributed by atoms with Crippen molar-refractivity contribution < 1.29 is 18.0 Å². The Morgan fingerprint density at radius 1 is 1.18 bits per heavy atom. The molecular formula is C15H20N2O4S.